The fourth-order valence-corrected chi connectivity index (χ4v) is 6.21. The van der Waals surface area contributed by atoms with Gasteiger partial charge in [0.1, 0.15) is 16.7 Å². The Hall–Kier alpha value is -5.02. The Morgan fingerprint density at radius 2 is 1.38 bits per heavy atom. The van der Waals surface area contributed by atoms with Crippen LogP contribution in [0, 0.1) is 0 Å². The van der Waals surface area contributed by atoms with Gasteiger partial charge in [-0.25, -0.2) is 0 Å². The maximum atomic E-state index is 13.7. The number of hydrogen-bond acceptors (Lipinski definition) is 5. The lowest BCUT2D eigenvalue weighted by Gasteiger charge is -2.18. The lowest BCUT2D eigenvalue weighted by atomic mass is 10.1. The number of para-hydroxylation sites is 1. The molecule has 0 heterocycles. The van der Waals surface area contributed by atoms with Crippen LogP contribution in [-0.4, -0.2) is 24.8 Å². The average molecular weight is 683 g/mol. The number of amides is 3. The maximum absolute atomic E-state index is 13.7. The Morgan fingerprint density at radius 3 is 2.09 bits per heavy atom. The van der Waals surface area contributed by atoms with Crippen LogP contribution in [-0.2, 0) is 9.59 Å². The third-order valence-corrected chi connectivity index (χ3v) is 8.47. The smallest absolute Gasteiger partial charge is 0.272 e. The van der Waals surface area contributed by atoms with E-state index in [1.807, 2.05) is 48.5 Å². The van der Waals surface area contributed by atoms with Crippen LogP contribution in [0.4, 0.5) is 11.4 Å². The van der Waals surface area contributed by atoms with E-state index in [0.29, 0.717) is 38.3 Å². The molecular formula is C37H29Cl2N3O4S. The average Bonchev–Trinajstić information content (AvgIpc) is 3.07. The Labute approximate surface area is 287 Å². The molecule has 0 radical (unpaired) electrons. The zero-order valence-electron chi connectivity index (χ0n) is 25.1. The highest BCUT2D eigenvalue weighted by Gasteiger charge is 2.23. The van der Waals surface area contributed by atoms with E-state index in [9.17, 15) is 14.4 Å². The molecule has 0 bridgehead atoms. The molecule has 0 aliphatic rings. The quantitative estimate of drug-likeness (QED) is 0.0956. The third kappa shape index (κ3) is 9.26. The summed E-state index contributed by atoms with van der Waals surface area (Å²) in [6.07, 6.45) is 1.56. The zero-order valence-corrected chi connectivity index (χ0v) is 27.4. The standard InChI is InChI=1S/C37H29Cl2N3O4S/c1-46-33-18-9-8-15-26(33)19-32(42-35(43)25-13-6-3-7-14-25)36(44)40-29-16-10-17-31(23-29)47-34(24-11-4-2-5-12-24)37(45)41-30-21-27(38)20-28(39)22-30/h2-23,34H,1H3,(H,40,44)(H,41,45)(H,42,43)/b32-19+. The molecule has 3 N–H and O–H groups in total. The van der Waals surface area contributed by atoms with E-state index in [1.165, 1.54) is 18.9 Å². The Balaban J connectivity index is 1.39. The van der Waals surface area contributed by atoms with Crippen LogP contribution in [0.25, 0.3) is 6.08 Å². The summed E-state index contributed by atoms with van der Waals surface area (Å²) in [4.78, 5) is 41.1. The minimum atomic E-state index is -0.647. The van der Waals surface area contributed by atoms with Gasteiger partial charge in [0.05, 0.1) is 7.11 Å². The van der Waals surface area contributed by atoms with Crippen molar-refractivity contribution in [2.24, 2.45) is 0 Å². The van der Waals surface area contributed by atoms with Gasteiger partial charge in [-0.3, -0.25) is 14.4 Å². The summed E-state index contributed by atoms with van der Waals surface area (Å²) in [5.74, 6) is -0.725. The van der Waals surface area contributed by atoms with Gasteiger partial charge in [-0.05, 0) is 66.2 Å². The molecule has 47 heavy (non-hydrogen) atoms. The molecule has 10 heteroatoms. The Kier molecular flexibility index (Phi) is 11.4. The second kappa shape index (κ2) is 16.0. The summed E-state index contributed by atoms with van der Waals surface area (Å²) >= 11 is 13.6. The van der Waals surface area contributed by atoms with Gasteiger partial charge in [-0.15, -0.1) is 11.8 Å². The molecule has 3 amide bonds. The second-order valence-corrected chi connectivity index (χ2v) is 12.2. The number of rotatable bonds is 11. The van der Waals surface area contributed by atoms with Crippen LogP contribution in [0.1, 0.15) is 26.7 Å². The van der Waals surface area contributed by atoms with Crippen molar-refractivity contribution in [2.45, 2.75) is 10.1 Å². The monoisotopic (exact) mass is 681 g/mol. The van der Waals surface area contributed by atoms with E-state index in [0.717, 1.165) is 10.5 Å². The highest BCUT2D eigenvalue weighted by atomic mass is 35.5. The molecule has 5 rings (SSSR count). The molecule has 0 saturated carbocycles. The largest absolute Gasteiger partial charge is 0.496 e. The summed E-state index contributed by atoms with van der Waals surface area (Å²) in [5, 5.41) is 8.70. The van der Waals surface area contributed by atoms with Gasteiger partial charge in [0, 0.05) is 37.4 Å². The number of benzene rings is 5. The molecule has 0 saturated heterocycles. The molecular weight excluding hydrogens is 653 g/mol. The van der Waals surface area contributed by atoms with Crippen LogP contribution in [0.15, 0.2) is 138 Å². The normalized spacial score (nSPS) is 11.7. The van der Waals surface area contributed by atoms with E-state index < -0.39 is 17.1 Å². The lowest BCUT2D eigenvalue weighted by Crippen LogP contribution is -2.30. The number of anilines is 2. The Bertz CT molecular complexity index is 1900. The predicted octanol–water partition coefficient (Wildman–Crippen LogP) is 8.88. The second-order valence-electron chi connectivity index (χ2n) is 10.2. The van der Waals surface area contributed by atoms with Gasteiger partial charge in [-0.1, -0.05) is 96.0 Å². The third-order valence-electron chi connectivity index (χ3n) is 6.78. The van der Waals surface area contributed by atoms with Gasteiger partial charge >= 0.3 is 0 Å². The minimum Gasteiger partial charge on any atom is -0.496 e. The molecule has 0 fully saturated rings. The van der Waals surface area contributed by atoms with Crippen LogP contribution in [0.5, 0.6) is 5.75 Å². The van der Waals surface area contributed by atoms with Crippen molar-refractivity contribution in [3.05, 3.63) is 160 Å². The number of hydrogen-bond donors (Lipinski definition) is 3. The number of thioether (sulfide) groups is 1. The molecule has 0 aliphatic heterocycles. The molecule has 0 aromatic heterocycles. The van der Waals surface area contributed by atoms with E-state index >= 15 is 0 Å². The van der Waals surface area contributed by atoms with Gasteiger partial charge in [0.2, 0.25) is 5.91 Å². The van der Waals surface area contributed by atoms with Gasteiger partial charge in [0.25, 0.3) is 11.8 Å². The SMILES string of the molecule is COc1ccccc1/C=C(/NC(=O)c1ccccc1)C(=O)Nc1cccc(SC(C(=O)Nc2cc(Cl)cc(Cl)c2)c2ccccc2)c1. The molecule has 0 aliphatic carbocycles. The van der Waals surface area contributed by atoms with Gasteiger partial charge in [-0.2, -0.15) is 0 Å². The first kappa shape index (κ1) is 33.3. The number of nitrogens with one attached hydrogen (secondary N) is 3. The number of methoxy groups -OCH3 is 1. The Morgan fingerprint density at radius 1 is 0.723 bits per heavy atom. The van der Waals surface area contributed by atoms with Crippen molar-refractivity contribution in [2.75, 3.05) is 17.7 Å². The zero-order chi connectivity index (χ0) is 33.2. The number of carbonyl (C=O) groups is 3. The fraction of sp³-hybridized carbons (Fsp3) is 0.0541. The van der Waals surface area contributed by atoms with E-state index in [4.69, 9.17) is 27.9 Å². The maximum Gasteiger partial charge on any atom is 0.272 e. The van der Waals surface area contributed by atoms with E-state index in [-0.39, 0.29) is 11.6 Å². The molecule has 0 spiro atoms. The van der Waals surface area contributed by atoms with Crippen LogP contribution in [0.2, 0.25) is 10.0 Å². The summed E-state index contributed by atoms with van der Waals surface area (Å²) in [5.41, 5.74) is 2.74. The predicted molar refractivity (Wildman–Crippen MR) is 190 cm³/mol. The first-order chi connectivity index (χ1) is 22.8. The van der Waals surface area contributed by atoms with Crippen molar-refractivity contribution < 1.29 is 19.1 Å². The fourth-order valence-electron chi connectivity index (χ4n) is 4.60. The van der Waals surface area contributed by atoms with Crippen molar-refractivity contribution in [1.82, 2.24) is 5.32 Å². The first-order valence-corrected chi connectivity index (χ1v) is 16.0. The first-order valence-electron chi connectivity index (χ1n) is 14.4. The highest BCUT2D eigenvalue weighted by Crippen LogP contribution is 2.37. The number of ether oxygens (including phenoxy) is 1. The van der Waals surface area contributed by atoms with Crippen molar-refractivity contribution in [1.29, 1.82) is 0 Å². The van der Waals surface area contributed by atoms with Gasteiger partial charge in [0.15, 0.2) is 0 Å². The van der Waals surface area contributed by atoms with E-state index in [2.05, 4.69) is 16.0 Å². The summed E-state index contributed by atoms with van der Waals surface area (Å²) in [6.45, 7) is 0. The number of halogens is 2. The molecule has 5 aromatic carbocycles. The molecule has 236 valence electrons. The summed E-state index contributed by atoms with van der Waals surface area (Å²) < 4.78 is 5.45. The molecule has 1 unspecified atom stereocenters. The van der Waals surface area contributed by atoms with Crippen molar-refractivity contribution in [3.8, 4) is 5.75 Å². The molecule has 7 nitrogen and oxygen atoms in total. The van der Waals surface area contributed by atoms with Crippen LogP contribution >= 0.6 is 35.0 Å². The van der Waals surface area contributed by atoms with Gasteiger partial charge < -0.3 is 20.7 Å². The van der Waals surface area contributed by atoms with Crippen molar-refractivity contribution in [3.63, 3.8) is 0 Å². The summed E-state index contributed by atoms with van der Waals surface area (Å²) in [7, 11) is 1.53. The van der Waals surface area contributed by atoms with Crippen molar-refractivity contribution >= 4 is 70.1 Å². The summed E-state index contributed by atoms with van der Waals surface area (Å²) in [6, 6.07) is 37.1. The molecule has 1 atom stereocenters. The van der Waals surface area contributed by atoms with E-state index in [1.54, 1.807) is 84.9 Å². The van der Waals surface area contributed by atoms with Crippen LogP contribution < -0.4 is 20.7 Å². The highest BCUT2D eigenvalue weighted by molar-refractivity contribution is 8.00. The molecule has 5 aromatic rings. The van der Waals surface area contributed by atoms with Crippen LogP contribution in [0.3, 0.4) is 0 Å². The topological polar surface area (TPSA) is 96.5 Å². The lowest BCUT2D eigenvalue weighted by molar-refractivity contribution is -0.116. The number of carbonyl (C=O) groups excluding carboxylic acids is 3. The minimum absolute atomic E-state index is 0.0168.